The van der Waals surface area contributed by atoms with Gasteiger partial charge in [0.2, 0.25) is 0 Å². The molecule has 2 aromatic rings. The van der Waals surface area contributed by atoms with Crippen LogP contribution in [0.25, 0.3) is 0 Å². The van der Waals surface area contributed by atoms with Gasteiger partial charge in [-0.2, -0.15) is 0 Å². The molecule has 1 heterocycles. The lowest BCUT2D eigenvalue weighted by Crippen LogP contribution is -2.03. The van der Waals surface area contributed by atoms with E-state index >= 15 is 0 Å². The maximum absolute atomic E-state index is 10.4. The van der Waals surface area contributed by atoms with Crippen molar-refractivity contribution >= 4 is 11.6 Å². The van der Waals surface area contributed by atoms with Gasteiger partial charge in [0.15, 0.2) is 0 Å². The van der Waals surface area contributed by atoms with E-state index in [0.29, 0.717) is 22.9 Å². The number of aromatic nitrogens is 1. The van der Waals surface area contributed by atoms with Crippen LogP contribution in [-0.4, -0.2) is 16.7 Å². The molecule has 0 saturated carbocycles. The molecule has 1 unspecified atom stereocenters. The van der Waals surface area contributed by atoms with Crippen LogP contribution in [0.1, 0.15) is 29.7 Å². The molecule has 19 heavy (non-hydrogen) atoms. The fourth-order valence-corrected chi connectivity index (χ4v) is 2.18. The highest BCUT2D eigenvalue weighted by Gasteiger charge is 2.14. The van der Waals surface area contributed by atoms with Gasteiger partial charge in [-0.1, -0.05) is 17.7 Å². The molecule has 4 heteroatoms. The predicted molar refractivity (Wildman–Crippen MR) is 75.7 cm³/mol. The van der Waals surface area contributed by atoms with E-state index < -0.39 is 6.10 Å². The third-order valence-electron chi connectivity index (χ3n) is 2.89. The molecule has 1 aromatic heterocycles. The van der Waals surface area contributed by atoms with Crippen molar-refractivity contribution in [3.8, 4) is 5.75 Å². The first kappa shape index (κ1) is 13.8. The molecule has 0 fully saturated rings. The average molecular weight is 278 g/mol. The van der Waals surface area contributed by atoms with Gasteiger partial charge in [0, 0.05) is 16.8 Å². The number of rotatable bonds is 4. The second-order valence-corrected chi connectivity index (χ2v) is 4.73. The predicted octanol–water partition coefficient (Wildman–Crippen LogP) is 3.52. The van der Waals surface area contributed by atoms with Crippen LogP contribution in [-0.2, 0) is 0 Å². The van der Waals surface area contributed by atoms with E-state index in [2.05, 4.69) is 4.98 Å². The summed E-state index contributed by atoms with van der Waals surface area (Å²) in [5.41, 5.74) is 2.47. The Morgan fingerprint density at radius 2 is 2.11 bits per heavy atom. The summed E-state index contributed by atoms with van der Waals surface area (Å²) in [6, 6.07) is 7.23. The normalized spacial score (nSPS) is 12.2. The number of ether oxygens (including phenoxy) is 1. The first-order chi connectivity index (χ1) is 9.11. The molecule has 100 valence electrons. The monoisotopic (exact) mass is 277 g/mol. The average Bonchev–Trinajstić information content (AvgIpc) is 2.39. The summed E-state index contributed by atoms with van der Waals surface area (Å²) >= 11 is 5.92. The molecule has 2 rings (SSSR count). The van der Waals surface area contributed by atoms with Crippen molar-refractivity contribution < 1.29 is 9.84 Å². The summed E-state index contributed by atoms with van der Waals surface area (Å²) in [6.45, 7) is 4.40. The molecular weight excluding hydrogens is 262 g/mol. The number of aliphatic hydroxyl groups is 1. The van der Waals surface area contributed by atoms with Crippen LogP contribution in [0.2, 0.25) is 5.02 Å². The molecule has 0 aliphatic carbocycles. The summed E-state index contributed by atoms with van der Waals surface area (Å²) in [5, 5.41) is 11.1. The lowest BCUT2D eigenvalue weighted by atomic mass is 9.99. The van der Waals surface area contributed by atoms with E-state index in [0.717, 1.165) is 11.1 Å². The van der Waals surface area contributed by atoms with E-state index in [1.165, 1.54) is 0 Å². The molecule has 0 aliphatic rings. The zero-order valence-electron chi connectivity index (χ0n) is 10.9. The molecule has 0 aliphatic heterocycles. The van der Waals surface area contributed by atoms with Gasteiger partial charge >= 0.3 is 0 Å². The summed E-state index contributed by atoms with van der Waals surface area (Å²) in [4.78, 5) is 4.09. The van der Waals surface area contributed by atoms with Crippen molar-refractivity contribution in [2.75, 3.05) is 6.61 Å². The van der Waals surface area contributed by atoms with Crippen LogP contribution in [0.15, 0.2) is 36.7 Å². The number of halogens is 1. The van der Waals surface area contributed by atoms with Crippen molar-refractivity contribution in [2.45, 2.75) is 20.0 Å². The lowest BCUT2D eigenvalue weighted by Gasteiger charge is -2.15. The van der Waals surface area contributed by atoms with Gasteiger partial charge in [0.05, 0.1) is 12.8 Å². The van der Waals surface area contributed by atoms with Crippen molar-refractivity contribution in [3.05, 3.63) is 58.4 Å². The van der Waals surface area contributed by atoms with Crippen molar-refractivity contribution in [1.82, 2.24) is 4.98 Å². The van der Waals surface area contributed by atoms with Crippen LogP contribution < -0.4 is 4.74 Å². The Morgan fingerprint density at radius 3 is 2.79 bits per heavy atom. The first-order valence-electron chi connectivity index (χ1n) is 6.13. The fourth-order valence-electron chi connectivity index (χ4n) is 1.96. The molecule has 0 radical (unpaired) electrons. The third kappa shape index (κ3) is 3.25. The Kier molecular flexibility index (Phi) is 4.40. The van der Waals surface area contributed by atoms with Gasteiger partial charge in [-0.15, -0.1) is 0 Å². The fraction of sp³-hybridized carbons (Fsp3) is 0.267. The van der Waals surface area contributed by atoms with E-state index in [1.807, 2.05) is 26.0 Å². The number of hydrogen-bond donors (Lipinski definition) is 1. The molecular formula is C15H16ClNO2. The highest BCUT2D eigenvalue weighted by atomic mass is 35.5. The SMILES string of the molecule is CCOc1cncc(C(O)c2ccc(Cl)cc2C)c1. The summed E-state index contributed by atoms with van der Waals surface area (Å²) in [5.74, 6) is 0.658. The van der Waals surface area contributed by atoms with Gasteiger partial charge < -0.3 is 9.84 Å². The van der Waals surface area contributed by atoms with E-state index in [9.17, 15) is 5.11 Å². The smallest absolute Gasteiger partial charge is 0.137 e. The minimum atomic E-state index is -0.731. The second-order valence-electron chi connectivity index (χ2n) is 4.29. The first-order valence-corrected chi connectivity index (χ1v) is 6.51. The molecule has 1 N–H and O–H groups in total. The standard InChI is InChI=1S/C15H16ClNO2/c1-3-19-13-7-11(8-17-9-13)15(18)14-5-4-12(16)6-10(14)2/h4-9,15,18H,3H2,1-2H3. The highest BCUT2D eigenvalue weighted by molar-refractivity contribution is 6.30. The van der Waals surface area contributed by atoms with Crippen LogP contribution in [0.3, 0.4) is 0 Å². The van der Waals surface area contributed by atoms with Gasteiger partial charge in [-0.25, -0.2) is 0 Å². The topological polar surface area (TPSA) is 42.4 Å². The quantitative estimate of drug-likeness (QED) is 0.930. The maximum Gasteiger partial charge on any atom is 0.137 e. The zero-order chi connectivity index (χ0) is 13.8. The molecule has 3 nitrogen and oxygen atoms in total. The van der Waals surface area contributed by atoms with E-state index in [4.69, 9.17) is 16.3 Å². The summed E-state index contributed by atoms with van der Waals surface area (Å²) < 4.78 is 5.39. The van der Waals surface area contributed by atoms with Gasteiger partial charge in [0.25, 0.3) is 0 Å². The molecule has 0 bridgehead atoms. The summed E-state index contributed by atoms with van der Waals surface area (Å²) in [7, 11) is 0. The maximum atomic E-state index is 10.4. The Labute approximate surface area is 117 Å². The van der Waals surface area contributed by atoms with E-state index in [-0.39, 0.29) is 0 Å². The minimum absolute atomic E-state index is 0.571. The zero-order valence-corrected chi connectivity index (χ0v) is 11.7. The Bertz CT molecular complexity index is 572. The molecule has 0 amide bonds. The van der Waals surface area contributed by atoms with E-state index in [1.54, 1.807) is 24.5 Å². The summed E-state index contributed by atoms with van der Waals surface area (Å²) in [6.07, 6.45) is 2.54. The van der Waals surface area contributed by atoms with Gasteiger partial charge in [-0.05, 0) is 43.2 Å². The third-order valence-corrected chi connectivity index (χ3v) is 3.12. The Morgan fingerprint density at radius 1 is 1.32 bits per heavy atom. The number of pyridine rings is 1. The highest BCUT2D eigenvalue weighted by Crippen LogP contribution is 2.28. The van der Waals surface area contributed by atoms with Gasteiger partial charge in [-0.3, -0.25) is 4.98 Å². The number of aliphatic hydroxyl groups excluding tert-OH is 1. The Hall–Kier alpha value is -1.58. The largest absolute Gasteiger partial charge is 0.492 e. The van der Waals surface area contributed by atoms with Crippen LogP contribution >= 0.6 is 11.6 Å². The number of benzene rings is 1. The molecule has 1 aromatic carbocycles. The van der Waals surface area contributed by atoms with Crippen LogP contribution in [0.5, 0.6) is 5.75 Å². The molecule has 0 spiro atoms. The van der Waals surface area contributed by atoms with Crippen molar-refractivity contribution in [3.63, 3.8) is 0 Å². The van der Waals surface area contributed by atoms with Gasteiger partial charge in [0.1, 0.15) is 11.9 Å². The second kappa shape index (κ2) is 6.04. The van der Waals surface area contributed by atoms with Crippen LogP contribution in [0, 0.1) is 6.92 Å². The van der Waals surface area contributed by atoms with Crippen LogP contribution in [0.4, 0.5) is 0 Å². The number of hydrogen-bond acceptors (Lipinski definition) is 3. The van der Waals surface area contributed by atoms with Crippen molar-refractivity contribution in [1.29, 1.82) is 0 Å². The lowest BCUT2D eigenvalue weighted by molar-refractivity contribution is 0.218. The number of aryl methyl sites for hydroxylation is 1. The van der Waals surface area contributed by atoms with Crippen molar-refractivity contribution in [2.24, 2.45) is 0 Å². The molecule has 1 atom stereocenters. The number of nitrogens with zero attached hydrogens (tertiary/aromatic N) is 1. The molecule has 0 saturated heterocycles. The minimum Gasteiger partial charge on any atom is -0.492 e. The Balaban J connectivity index is 2.32.